The fourth-order valence-electron chi connectivity index (χ4n) is 2.86. The zero-order chi connectivity index (χ0) is 16.2. The van der Waals surface area contributed by atoms with Crippen molar-refractivity contribution < 1.29 is 4.79 Å². The van der Waals surface area contributed by atoms with Crippen LogP contribution in [0.2, 0.25) is 0 Å². The molecule has 0 aromatic heterocycles. The van der Waals surface area contributed by atoms with Crippen LogP contribution in [-0.4, -0.2) is 25.0 Å². The third-order valence-electron chi connectivity index (χ3n) is 4.44. The SMILES string of the molecule is Cc1cccc(Nc2ccccc2C(=O)NC2CCNC2)c1C. The first-order valence-corrected chi connectivity index (χ1v) is 8.09. The summed E-state index contributed by atoms with van der Waals surface area (Å²) < 4.78 is 0. The molecule has 1 unspecified atom stereocenters. The quantitative estimate of drug-likeness (QED) is 0.813. The Morgan fingerprint density at radius 3 is 2.65 bits per heavy atom. The maximum absolute atomic E-state index is 12.6. The fourth-order valence-corrected chi connectivity index (χ4v) is 2.86. The predicted molar refractivity (Wildman–Crippen MR) is 94.4 cm³/mol. The summed E-state index contributed by atoms with van der Waals surface area (Å²) in [7, 11) is 0. The van der Waals surface area contributed by atoms with E-state index in [1.807, 2.05) is 36.4 Å². The van der Waals surface area contributed by atoms with Gasteiger partial charge in [0.2, 0.25) is 0 Å². The first kappa shape index (κ1) is 15.6. The maximum Gasteiger partial charge on any atom is 0.253 e. The topological polar surface area (TPSA) is 53.2 Å². The van der Waals surface area contributed by atoms with E-state index in [2.05, 4.69) is 35.9 Å². The number of carbonyl (C=O) groups is 1. The molecule has 1 atom stereocenters. The van der Waals surface area contributed by atoms with Crippen molar-refractivity contribution in [2.75, 3.05) is 18.4 Å². The van der Waals surface area contributed by atoms with Crippen LogP contribution in [0.15, 0.2) is 42.5 Å². The normalized spacial score (nSPS) is 17.0. The number of hydrogen-bond donors (Lipinski definition) is 3. The fraction of sp³-hybridized carbons (Fsp3) is 0.316. The number of benzene rings is 2. The van der Waals surface area contributed by atoms with Gasteiger partial charge in [-0.05, 0) is 56.1 Å². The zero-order valence-electron chi connectivity index (χ0n) is 13.6. The van der Waals surface area contributed by atoms with Gasteiger partial charge in [-0.1, -0.05) is 24.3 Å². The van der Waals surface area contributed by atoms with Crippen LogP contribution in [0.25, 0.3) is 0 Å². The maximum atomic E-state index is 12.6. The summed E-state index contributed by atoms with van der Waals surface area (Å²) >= 11 is 0. The number of carbonyl (C=O) groups excluding carboxylic acids is 1. The van der Waals surface area contributed by atoms with Gasteiger partial charge in [0.15, 0.2) is 0 Å². The number of anilines is 2. The van der Waals surface area contributed by atoms with Gasteiger partial charge < -0.3 is 16.0 Å². The Labute approximate surface area is 137 Å². The molecule has 3 N–H and O–H groups in total. The van der Waals surface area contributed by atoms with Gasteiger partial charge in [-0.2, -0.15) is 0 Å². The van der Waals surface area contributed by atoms with Crippen molar-refractivity contribution in [2.45, 2.75) is 26.3 Å². The van der Waals surface area contributed by atoms with E-state index in [0.29, 0.717) is 5.56 Å². The van der Waals surface area contributed by atoms with E-state index in [1.165, 1.54) is 11.1 Å². The molecule has 0 radical (unpaired) electrons. The average molecular weight is 309 g/mol. The van der Waals surface area contributed by atoms with Crippen LogP contribution in [-0.2, 0) is 0 Å². The molecule has 1 fully saturated rings. The average Bonchev–Trinajstić information content (AvgIpc) is 3.05. The summed E-state index contributed by atoms with van der Waals surface area (Å²) in [4.78, 5) is 12.6. The molecular formula is C19H23N3O. The Bertz CT molecular complexity index is 706. The van der Waals surface area contributed by atoms with Gasteiger partial charge in [0.05, 0.1) is 11.3 Å². The summed E-state index contributed by atoms with van der Waals surface area (Å²) in [5, 5.41) is 9.78. The summed E-state index contributed by atoms with van der Waals surface area (Å²) in [5.41, 5.74) is 4.98. The molecule has 2 aromatic carbocycles. The molecule has 1 aliphatic rings. The lowest BCUT2D eigenvalue weighted by Crippen LogP contribution is -2.36. The third kappa shape index (κ3) is 3.54. The van der Waals surface area contributed by atoms with Crippen molar-refractivity contribution in [1.29, 1.82) is 0 Å². The van der Waals surface area contributed by atoms with Crippen molar-refractivity contribution in [3.8, 4) is 0 Å². The van der Waals surface area contributed by atoms with Crippen LogP contribution in [0, 0.1) is 13.8 Å². The second kappa shape index (κ2) is 6.84. The van der Waals surface area contributed by atoms with Crippen LogP contribution in [0.1, 0.15) is 27.9 Å². The van der Waals surface area contributed by atoms with Gasteiger partial charge in [-0.15, -0.1) is 0 Å². The number of amides is 1. The standard InChI is InChI=1S/C19H23N3O/c1-13-6-5-9-17(14(13)2)22-18-8-4-3-7-16(18)19(23)21-15-10-11-20-12-15/h3-9,15,20,22H,10-12H2,1-2H3,(H,21,23). The highest BCUT2D eigenvalue weighted by Gasteiger charge is 2.19. The highest BCUT2D eigenvalue weighted by Crippen LogP contribution is 2.25. The van der Waals surface area contributed by atoms with E-state index >= 15 is 0 Å². The van der Waals surface area contributed by atoms with E-state index < -0.39 is 0 Å². The van der Waals surface area contributed by atoms with E-state index in [9.17, 15) is 4.79 Å². The Hall–Kier alpha value is -2.33. The molecule has 23 heavy (non-hydrogen) atoms. The molecule has 2 aromatic rings. The van der Waals surface area contributed by atoms with Crippen LogP contribution in [0.4, 0.5) is 11.4 Å². The minimum atomic E-state index is -0.0212. The summed E-state index contributed by atoms with van der Waals surface area (Å²) in [6.07, 6.45) is 0.984. The Balaban J connectivity index is 1.82. The second-order valence-electron chi connectivity index (χ2n) is 6.08. The summed E-state index contributed by atoms with van der Waals surface area (Å²) in [6.45, 7) is 5.99. The molecule has 1 heterocycles. The molecule has 3 rings (SSSR count). The number of para-hydroxylation sites is 1. The molecule has 0 spiro atoms. The van der Waals surface area contributed by atoms with Crippen LogP contribution in [0.5, 0.6) is 0 Å². The van der Waals surface area contributed by atoms with Gasteiger partial charge in [-0.3, -0.25) is 4.79 Å². The minimum Gasteiger partial charge on any atom is -0.355 e. The summed E-state index contributed by atoms with van der Waals surface area (Å²) in [5.74, 6) is -0.0212. The monoisotopic (exact) mass is 309 g/mol. The van der Waals surface area contributed by atoms with Gasteiger partial charge in [0.1, 0.15) is 0 Å². The predicted octanol–water partition coefficient (Wildman–Crippen LogP) is 3.14. The van der Waals surface area contributed by atoms with E-state index in [1.54, 1.807) is 0 Å². The van der Waals surface area contributed by atoms with Gasteiger partial charge in [0, 0.05) is 18.3 Å². The molecule has 0 aliphatic carbocycles. The Morgan fingerprint density at radius 1 is 1.09 bits per heavy atom. The molecule has 4 nitrogen and oxygen atoms in total. The smallest absolute Gasteiger partial charge is 0.253 e. The number of hydrogen-bond acceptors (Lipinski definition) is 3. The Kier molecular flexibility index (Phi) is 4.63. The van der Waals surface area contributed by atoms with Crippen LogP contribution >= 0.6 is 0 Å². The van der Waals surface area contributed by atoms with E-state index in [-0.39, 0.29) is 11.9 Å². The van der Waals surface area contributed by atoms with Crippen molar-refractivity contribution >= 4 is 17.3 Å². The third-order valence-corrected chi connectivity index (χ3v) is 4.44. The number of aryl methyl sites for hydroxylation is 1. The highest BCUT2D eigenvalue weighted by atomic mass is 16.1. The lowest BCUT2D eigenvalue weighted by Gasteiger charge is -2.16. The number of nitrogens with one attached hydrogen (secondary N) is 3. The number of rotatable bonds is 4. The lowest BCUT2D eigenvalue weighted by atomic mass is 10.1. The van der Waals surface area contributed by atoms with Gasteiger partial charge in [0.25, 0.3) is 5.91 Å². The van der Waals surface area contributed by atoms with Crippen molar-refractivity contribution in [3.63, 3.8) is 0 Å². The van der Waals surface area contributed by atoms with Crippen molar-refractivity contribution in [2.24, 2.45) is 0 Å². The van der Waals surface area contributed by atoms with E-state index in [0.717, 1.165) is 30.9 Å². The largest absolute Gasteiger partial charge is 0.355 e. The first-order valence-electron chi connectivity index (χ1n) is 8.09. The van der Waals surface area contributed by atoms with Gasteiger partial charge in [-0.25, -0.2) is 0 Å². The molecule has 1 aliphatic heterocycles. The molecule has 0 saturated carbocycles. The van der Waals surface area contributed by atoms with Crippen LogP contribution in [0.3, 0.4) is 0 Å². The zero-order valence-corrected chi connectivity index (χ0v) is 13.6. The Morgan fingerprint density at radius 2 is 1.87 bits per heavy atom. The minimum absolute atomic E-state index is 0.0212. The molecule has 1 saturated heterocycles. The van der Waals surface area contributed by atoms with E-state index in [4.69, 9.17) is 0 Å². The molecule has 1 amide bonds. The van der Waals surface area contributed by atoms with Crippen LogP contribution < -0.4 is 16.0 Å². The summed E-state index contributed by atoms with van der Waals surface area (Å²) in [6, 6.07) is 14.0. The second-order valence-corrected chi connectivity index (χ2v) is 6.08. The molecular weight excluding hydrogens is 286 g/mol. The first-order chi connectivity index (χ1) is 11.1. The molecule has 0 bridgehead atoms. The van der Waals surface area contributed by atoms with Gasteiger partial charge >= 0.3 is 0 Å². The lowest BCUT2D eigenvalue weighted by molar-refractivity contribution is 0.0941. The molecule has 4 heteroatoms. The highest BCUT2D eigenvalue weighted by molar-refractivity contribution is 6.00. The molecule has 120 valence electrons. The van der Waals surface area contributed by atoms with Crippen molar-refractivity contribution in [1.82, 2.24) is 10.6 Å². The van der Waals surface area contributed by atoms with Crippen molar-refractivity contribution in [3.05, 3.63) is 59.2 Å².